The number of nitrogens with one attached hydrogen (secondary N) is 1. The van der Waals surface area contributed by atoms with Crippen molar-refractivity contribution in [2.75, 3.05) is 50.4 Å². The van der Waals surface area contributed by atoms with Gasteiger partial charge in [-0.05, 0) is 12.3 Å². The number of aromatic nitrogens is 2. The highest BCUT2D eigenvalue weighted by atomic mass is 32.2. The first kappa shape index (κ1) is 16.4. The maximum absolute atomic E-state index is 11.4. The summed E-state index contributed by atoms with van der Waals surface area (Å²) in [7, 11) is 0. The van der Waals surface area contributed by atoms with Crippen molar-refractivity contribution in [3.8, 4) is 0 Å². The molecular weight excluding hydrogens is 332 g/mol. The van der Waals surface area contributed by atoms with Crippen molar-refractivity contribution < 1.29 is 4.79 Å². The summed E-state index contributed by atoms with van der Waals surface area (Å²) in [5, 5.41) is 0. The first-order valence-electron chi connectivity index (χ1n) is 7.46. The molecule has 2 aromatic heterocycles. The summed E-state index contributed by atoms with van der Waals surface area (Å²) in [6.07, 6.45) is 3.60. The fourth-order valence-electron chi connectivity index (χ4n) is 2.68. The van der Waals surface area contributed by atoms with Crippen molar-refractivity contribution in [2.24, 2.45) is 5.73 Å². The zero-order valence-electron chi connectivity index (χ0n) is 13.0. The minimum absolute atomic E-state index is 0.412. The molecule has 3 heterocycles. The SMILES string of the molecule is CSNCCN1CCN(c2ncnc3cc(C(N)=O)sc23)CC1. The number of piperazine rings is 1. The fraction of sp³-hybridized carbons (Fsp3) is 0.500. The van der Waals surface area contributed by atoms with Crippen molar-refractivity contribution in [3.05, 3.63) is 17.3 Å². The molecule has 3 rings (SSSR count). The Morgan fingerprint density at radius 2 is 2.17 bits per heavy atom. The van der Waals surface area contributed by atoms with Gasteiger partial charge < -0.3 is 10.6 Å². The van der Waals surface area contributed by atoms with Crippen molar-refractivity contribution in [1.29, 1.82) is 0 Å². The maximum atomic E-state index is 11.4. The Morgan fingerprint density at radius 1 is 1.39 bits per heavy atom. The molecule has 1 saturated heterocycles. The Kier molecular flexibility index (Phi) is 5.31. The number of anilines is 1. The molecule has 0 aromatic carbocycles. The third-order valence-electron chi connectivity index (χ3n) is 3.88. The number of nitrogens with zero attached hydrogens (tertiary/aromatic N) is 4. The van der Waals surface area contributed by atoms with Crippen LogP contribution in [0.2, 0.25) is 0 Å². The van der Waals surface area contributed by atoms with Crippen molar-refractivity contribution in [2.45, 2.75) is 0 Å². The van der Waals surface area contributed by atoms with E-state index in [1.54, 1.807) is 24.3 Å². The predicted molar refractivity (Wildman–Crippen MR) is 96.1 cm³/mol. The smallest absolute Gasteiger partial charge is 0.258 e. The number of rotatable bonds is 6. The van der Waals surface area contributed by atoms with Crippen LogP contribution >= 0.6 is 23.3 Å². The first-order chi connectivity index (χ1) is 11.2. The number of hydrogen-bond donors (Lipinski definition) is 2. The maximum Gasteiger partial charge on any atom is 0.258 e. The summed E-state index contributed by atoms with van der Waals surface area (Å²) in [5.41, 5.74) is 6.17. The van der Waals surface area contributed by atoms with Crippen LogP contribution in [0, 0.1) is 0 Å². The number of amides is 1. The topological polar surface area (TPSA) is 87.4 Å². The third-order valence-corrected chi connectivity index (χ3v) is 5.51. The second kappa shape index (κ2) is 7.43. The van der Waals surface area contributed by atoms with Gasteiger partial charge in [0.15, 0.2) is 0 Å². The average Bonchev–Trinajstić information content (AvgIpc) is 3.00. The van der Waals surface area contributed by atoms with Crippen LogP contribution in [0.5, 0.6) is 0 Å². The molecule has 0 aliphatic carbocycles. The summed E-state index contributed by atoms with van der Waals surface area (Å²) in [5.74, 6) is 0.499. The summed E-state index contributed by atoms with van der Waals surface area (Å²) in [6, 6.07) is 1.75. The zero-order chi connectivity index (χ0) is 16.2. The van der Waals surface area contributed by atoms with Crippen LogP contribution < -0.4 is 15.4 Å². The van der Waals surface area contributed by atoms with Crippen LogP contribution in [0.1, 0.15) is 9.67 Å². The summed E-state index contributed by atoms with van der Waals surface area (Å²) >= 11 is 3.03. The summed E-state index contributed by atoms with van der Waals surface area (Å²) in [6.45, 7) is 5.92. The van der Waals surface area contributed by atoms with Crippen LogP contribution in [-0.4, -0.2) is 66.3 Å². The number of thiophene rings is 1. The van der Waals surface area contributed by atoms with Gasteiger partial charge in [-0.15, -0.1) is 11.3 Å². The molecule has 23 heavy (non-hydrogen) atoms. The lowest BCUT2D eigenvalue weighted by atomic mass is 10.3. The lowest BCUT2D eigenvalue weighted by Gasteiger charge is -2.35. The lowest BCUT2D eigenvalue weighted by Crippen LogP contribution is -2.48. The van der Waals surface area contributed by atoms with Gasteiger partial charge in [-0.2, -0.15) is 0 Å². The quantitative estimate of drug-likeness (QED) is 0.587. The van der Waals surface area contributed by atoms with E-state index in [1.165, 1.54) is 11.3 Å². The zero-order valence-corrected chi connectivity index (χ0v) is 14.6. The van der Waals surface area contributed by atoms with E-state index in [0.717, 1.165) is 55.3 Å². The molecule has 1 aliphatic rings. The molecule has 0 bridgehead atoms. The van der Waals surface area contributed by atoms with Gasteiger partial charge in [-0.25, -0.2) is 9.97 Å². The molecular formula is C14H20N6OS2. The molecule has 3 N–H and O–H groups in total. The Balaban J connectivity index is 1.71. The van der Waals surface area contributed by atoms with Crippen LogP contribution in [-0.2, 0) is 0 Å². The van der Waals surface area contributed by atoms with E-state index in [-0.39, 0.29) is 0 Å². The molecule has 2 aromatic rings. The van der Waals surface area contributed by atoms with Gasteiger partial charge in [-0.3, -0.25) is 14.4 Å². The number of carbonyl (C=O) groups excluding carboxylic acids is 1. The van der Waals surface area contributed by atoms with Crippen molar-refractivity contribution in [1.82, 2.24) is 19.6 Å². The number of primary amides is 1. The molecule has 0 saturated carbocycles. The van der Waals surface area contributed by atoms with Crippen molar-refractivity contribution >= 4 is 45.2 Å². The van der Waals surface area contributed by atoms with Gasteiger partial charge in [-0.1, -0.05) is 11.9 Å². The average molecular weight is 352 g/mol. The highest BCUT2D eigenvalue weighted by Crippen LogP contribution is 2.31. The van der Waals surface area contributed by atoms with E-state index in [9.17, 15) is 4.79 Å². The Morgan fingerprint density at radius 3 is 2.87 bits per heavy atom. The van der Waals surface area contributed by atoms with Crippen LogP contribution in [0.3, 0.4) is 0 Å². The highest BCUT2D eigenvalue weighted by Gasteiger charge is 2.21. The van der Waals surface area contributed by atoms with Gasteiger partial charge in [0.05, 0.1) is 15.1 Å². The van der Waals surface area contributed by atoms with Gasteiger partial charge >= 0.3 is 0 Å². The Bertz CT molecular complexity index is 683. The Labute approximate surface area is 143 Å². The van der Waals surface area contributed by atoms with E-state index >= 15 is 0 Å². The second-order valence-electron chi connectivity index (χ2n) is 5.31. The van der Waals surface area contributed by atoms with E-state index in [0.29, 0.717) is 4.88 Å². The van der Waals surface area contributed by atoms with E-state index in [4.69, 9.17) is 5.73 Å². The molecule has 0 unspecified atom stereocenters. The minimum Gasteiger partial charge on any atom is -0.365 e. The molecule has 0 spiro atoms. The molecule has 124 valence electrons. The van der Waals surface area contributed by atoms with Crippen LogP contribution in [0.4, 0.5) is 5.82 Å². The molecule has 0 radical (unpaired) electrons. The third kappa shape index (κ3) is 3.74. The number of hydrogen-bond acceptors (Lipinski definition) is 8. The van der Waals surface area contributed by atoms with Crippen LogP contribution in [0.25, 0.3) is 10.2 Å². The standard InChI is InChI=1S/C14H20N6OS2/c1-22-18-2-3-19-4-6-20(7-5-19)14-12-10(16-9-17-14)8-11(23-12)13(15)21/h8-9,18H,2-7H2,1H3,(H2,15,21). The molecule has 9 heteroatoms. The minimum atomic E-state index is -0.412. The number of nitrogens with two attached hydrogens (primary N) is 1. The molecule has 1 aliphatic heterocycles. The first-order valence-corrected chi connectivity index (χ1v) is 9.50. The number of carbonyl (C=O) groups is 1. The summed E-state index contributed by atoms with van der Waals surface area (Å²) in [4.78, 5) is 25.3. The number of fused-ring (bicyclic) bond motifs is 1. The van der Waals surface area contributed by atoms with E-state index in [1.807, 2.05) is 6.26 Å². The lowest BCUT2D eigenvalue weighted by molar-refractivity contribution is 0.100. The monoisotopic (exact) mass is 352 g/mol. The normalized spacial score (nSPS) is 16.1. The van der Waals surface area contributed by atoms with Gasteiger partial charge in [0.2, 0.25) is 0 Å². The van der Waals surface area contributed by atoms with E-state index < -0.39 is 5.91 Å². The molecule has 1 amide bonds. The highest BCUT2D eigenvalue weighted by molar-refractivity contribution is 7.96. The fourth-order valence-corrected chi connectivity index (χ4v) is 3.95. The molecule has 7 nitrogen and oxygen atoms in total. The van der Waals surface area contributed by atoms with Gasteiger partial charge in [0, 0.05) is 39.3 Å². The largest absolute Gasteiger partial charge is 0.365 e. The van der Waals surface area contributed by atoms with Crippen molar-refractivity contribution in [3.63, 3.8) is 0 Å². The van der Waals surface area contributed by atoms with E-state index in [2.05, 4.69) is 24.5 Å². The Hall–Kier alpha value is -1.42. The molecule has 1 fully saturated rings. The second-order valence-corrected chi connectivity index (χ2v) is 7.06. The summed E-state index contributed by atoms with van der Waals surface area (Å²) < 4.78 is 4.22. The predicted octanol–water partition coefficient (Wildman–Crippen LogP) is 0.780. The van der Waals surface area contributed by atoms with Crippen LogP contribution in [0.15, 0.2) is 12.4 Å². The van der Waals surface area contributed by atoms with Gasteiger partial charge in [0.25, 0.3) is 5.91 Å². The van der Waals surface area contributed by atoms with Gasteiger partial charge in [0.1, 0.15) is 12.1 Å². The molecule has 0 atom stereocenters.